The number of hydrogen-bond acceptors (Lipinski definition) is 5. The van der Waals surface area contributed by atoms with Crippen LogP contribution in [0.4, 0.5) is 0 Å². The first-order chi connectivity index (χ1) is 12.3. The maximum Gasteiger partial charge on any atom is 0.241 e. The van der Waals surface area contributed by atoms with Crippen LogP contribution in [-0.4, -0.2) is 29.5 Å². The minimum atomic E-state index is -3.70. The summed E-state index contributed by atoms with van der Waals surface area (Å²) in [6.07, 6.45) is 6.26. The van der Waals surface area contributed by atoms with Crippen molar-refractivity contribution in [2.75, 3.05) is 0 Å². The zero-order chi connectivity index (χ0) is 18.9. The number of hydrogen-bond donors (Lipinski definition) is 3. The molecule has 1 fully saturated rings. The van der Waals surface area contributed by atoms with Crippen LogP contribution in [0.5, 0.6) is 11.5 Å². The zero-order valence-electron chi connectivity index (χ0n) is 14.0. The van der Waals surface area contributed by atoms with Crippen LogP contribution in [0.15, 0.2) is 40.3 Å². The summed E-state index contributed by atoms with van der Waals surface area (Å²) >= 11 is 11.1. The predicted molar refractivity (Wildman–Crippen MR) is 106 cm³/mol. The molecule has 0 radical (unpaired) electrons. The Morgan fingerprint density at radius 1 is 1.15 bits per heavy atom. The smallest absolute Gasteiger partial charge is 0.241 e. The Bertz CT molecular complexity index is 884. The largest absolute Gasteiger partial charge is 0.508 e. The van der Waals surface area contributed by atoms with Crippen molar-refractivity contribution in [2.45, 2.75) is 44.1 Å². The maximum absolute atomic E-state index is 12.6. The second-order valence-electron chi connectivity index (χ2n) is 6.64. The standard InChI is InChI=1S/C18H20ClNO4S2/c19-12-3-8-17(25)18(9-12)26(23,24)20-13-4-1-11(2-5-13)15-7-6-14(21)10-16(15)22/h3,6-7,9-11,13,20-22H,1-2,4-5,8H2/t11-,13+. The van der Waals surface area contributed by atoms with Crippen LogP contribution >= 0.6 is 23.8 Å². The molecule has 0 aromatic heterocycles. The summed E-state index contributed by atoms with van der Waals surface area (Å²) in [7, 11) is -3.70. The number of allylic oxidation sites excluding steroid dienone is 4. The number of rotatable bonds is 4. The lowest BCUT2D eigenvalue weighted by Gasteiger charge is -2.30. The molecular weight excluding hydrogens is 394 g/mol. The number of thiocarbonyl (C=S) groups is 1. The fourth-order valence-electron chi connectivity index (χ4n) is 3.47. The Morgan fingerprint density at radius 2 is 1.85 bits per heavy atom. The van der Waals surface area contributed by atoms with E-state index in [2.05, 4.69) is 4.72 Å². The topological polar surface area (TPSA) is 86.6 Å². The van der Waals surface area contributed by atoms with Gasteiger partial charge in [-0.15, -0.1) is 0 Å². The molecule has 2 aliphatic rings. The van der Waals surface area contributed by atoms with Gasteiger partial charge in [0.05, 0.1) is 4.91 Å². The molecule has 140 valence electrons. The van der Waals surface area contributed by atoms with Crippen molar-refractivity contribution in [1.29, 1.82) is 0 Å². The van der Waals surface area contributed by atoms with E-state index in [0.717, 1.165) is 18.4 Å². The molecule has 26 heavy (non-hydrogen) atoms. The highest BCUT2D eigenvalue weighted by molar-refractivity contribution is 7.96. The van der Waals surface area contributed by atoms with Gasteiger partial charge in [-0.2, -0.15) is 0 Å². The quantitative estimate of drug-likeness (QED) is 0.653. The number of aromatic hydroxyl groups is 2. The van der Waals surface area contributed by atoms with Crippen molar-refractivity contribution >= 4 is 38.7 Å². The molecule has 1 aromatic carbocycles. The second kappa shape index (κ2) is 7.68. The lowest BCUT2D eigenvalue weighted by atomic mass is 9.81. The van der Waals surface area contributed by atoms with Gasteiger partial charge < -0.3 is 10.2 Å². The van der Waals surface area contributed by atoms with Crippen LogP contribution in [0.2, 0.25) is 0 Å². The number of nitrogens with one attached hydrogen (secondary N) is 1. The molecule has 0 aliphatic heterocycles. The second-order valence-corrected chi connectivity index (χ2v) is 9.25. The fourth-order valence-corrected chi connectivity index (χ4v) is 5.65. The SMILES string of the molecule is O=S(=O)(N[C@H]1CC[C@@H](c2ccc(O)cc2O)CC1)C1=CC(Cl)=CCC1=S. The molecule has 0 saturated heterocycles. The molecule has 0 amide bonds. The van der Waals surface area contributed by atoms with E-state index in [1.807, 2.05) is 0 Å². The first-order valence-corrected chi connectivity index (χ1v) is 10.7. The van der Waals surface area contributed by atoms with Gasteiger partial charge >= 0.3 is 0 Å². The third kappa shape index (κ3) is 4.28. The number of halogens is 1. The van der Waals surface area contributed by atoms with Crippen LogP contribution in [-0.2, 0) is 10.0 Å². The molecule has 1 saturated carbocycles. The van der Waals surface area contributed by atoms with Gasteiger partial charge in [0.2, 0.25) is 10.0 Å². The summed E-state index contributed by atoms with van der Waals surface area (Å²) in [5.41, 5.74) is 0.789. The van der Waals surface area contributed by atoms with Gasteiger partial charge in [-0.3, -0.25) is 0 Å². The summed E-state index contributed by atoms with van der Waals surface area (Å²) < 4.78 is 28.0. The summed E-state index contributed by atoms with van der Waals surface area (Å²) in [6, 6.07) is 4.43. The average molecular weight is 414 g/mol. The highest BCUT2D eigenvalue weighted by Crippen LogP contribution is 2.38. The van der Waals surface area contributed by atoms with Crippen LogP contribution in [0.25, 0.3) is 0 Å². The Morgan fingerprint density at radius 3 is 2.50 bits per heavy atom. The fraction of sp³-hybridized carbons (Fsp3) is 0.389. The number of phenols is 2. The normalized spacial score (nSPS) is 24.1. The van der Waals surface area contributed by atoms with Gasteiger partial charge in [0, 0.05) is 28.4 Å². The Labute approximate surface area is 163 Å². The lowest BCUT2D eigenvalue weighted by molar-refractivity contribution is 0.363. The van der Waals surface area contributed by atoms with Crippen molar-refractivity contribution in [3.63, 3.8) is 0 Å². The molecular formula is C18H20ClNO4S2. The first kappa shape index (κ1) is 19.4. The van der Waals surface area contributed by atoms with Crippen LogP contribution in [0, 0.1) is 0 Å². The van der Waals surface area contributed by atoms with E-state index in [1.54, 1.807) is 18.2 Å². The molecule has 2 aliphatic carbocycles. The Balaban J connectivity index is 1.65. The molecule has 1 aromatic rings. The van der Waals surface area contributed by atoms with E-state index in [9.17, 15) is 18.6 Å². The molecule has 0 atom stereocenters. The van der Waals surface area contributed by atoms with E-state index >= 15 is 0 Å². The Hall–Kier alpha value is -1.41. The van der Waals surface area contributed by atoms with E-state index in [4.69, 9.17) is 23.8 Å². The molecule has 8 heteroatoms. The van der Waals surface area contributed by atoms with Crippen LogP contribution in [0.1, 0.15) is 43.6 Å². The molecule has 3 N–H and O–H groups in total. The van der Waals surface area contributed by atoms with Crippen molar-refractivity contribution in [2.24, 2.45) is 0 Å². The molecule has 5 nitrogen and oxygen atoms in total. The van der Waals surface area contributed by atoms with Gasteiger partial charge in [0.1, 0.15) is 11.5 Å². The number of benzene rings is 1. The third-order valence-electron chi connectivity index (χ3n) is 4.82. The molecule has 3 rings (SSSR count). The first-order valence-electron chi connectivity index (χ1n) is 8.41. The third-order valence-corrected chi connectivity index (χ3v) is 7.18. The summed E-state index contributed by atoms with van der Waals surface area (Å²) in [5.74, 6) is 0.244. The molecule has 0 bridgehead atoms. The van der Waals surface area contributed by atoms with Gasteiger partial charge in [-0.05, 0) is 49.3 Å². The maximum atomic E-state index is 12.6. The van der Waals surface area contributed by atoms with E-state index in [1.165, 1.54) is 12.1 Å². The highest BCUT2D eigenvalue weighted by Gasteiger charge is 2.30. The van der Waals surface area contributed by atoms with Crippen LogP contribution in [0.3, 0.4) is 0 Å². The molecule has 0 heterocycles. The molecule has 0 unspecified atom stereocenters. The highest BCUT2D eigenvalue weighted by atomic mass is 35.5. The van der Waals surface area contributed by atoms with Gasteiger partial charge in [0.25, 0.3) is 0 Å². The number of sulfonamides is 1. The minimum absolute atomic E-state index is 0.0251. The number of phenolic OH excluding ortho intramolecular Hbond substituents is 2. The van der Waals surface area contributed by atoms with E-state index in [-0.39, 0.29) is 28.4 Å². The summed E-state index contributed by atoms with van der Waals surface area (Å²) in [5, 5.41) is 19.8. The van der Waals surface area contributed by atoms with E-state index < -0.39 is 10.0 Å². The zero-order valence-corrected chi connectivity index (χ0v) is 16.4. The summed E-state index contributed by atoms with van der Waals surface area (Å²) in [4.78, 5) is 0.447. The summed E-state index contributed by atoms with van der Waals surface area (Å²) in [6.45, 7) is 0. The van der Waals surface area contributed by atoms with Gasteiger partial charge in [-0.1, -0.05) is 36.0 Å². The van der Waals surface area contributed by atoms with Gasteiger partial charge in [-0.25, -0.2) is 13.1 Å². The minimum Gasteiger partial charge on any atom is -0.508 e. The van der Waals surface area contributed by atoms with Crippen LogP contribution < -0.4 is 4.72 Å². The predicted octanol–water partition coefficient (Wildman–Crippen LogP) is 3.82. The monoisotopic (exact) mass is 413 g/mol. The van der Waals surface area contributed by atoms with Crippen molar-refractivity contribution < 1.29 is 18.6 Å². The Kier molecular flexibility index (Phi) is 5.72. The van der Waals surface area contributed by atoms with Gasteiger partial charge in [0.15, 0.2) is 0 Å². The average Bonchev–Trinajstić information content (AvgIpc) is 2.58. The van der Waals surface area contributed by atoms with Crippen molar-refractivity contribution in [3.8, 4) is 11.5 Å². The van der Waals surface area contributed by atoms with Crippen molar-refractivity contribution in [3.05, 3.63) is 45.9 Å². The lowest BCUT2D eigenvalue weighted by Crippen LogP contribution is -2.39. The van der Waals surface area contributed by atoms with E-state index in [0.29, 0.717) is 29.2 Å². The molecule has 0 spiro atoms. The van der Waals surface area contributed by atoms with Crippen molar-refractivity contribution in [1.82, 2.24) is 4.72 Å².